The molecule has 0 aliphatic heterocycles. The van der Waals surface area contributed by atoms with Crippen molar-refractivity contribution in [1.82, 2.24) is 10.6 Å². The van der Waals surface area contributed by atoms with Gasteiger partial charge in [-0.2, -0.15) is 0 Å². The molecule has 16 heteroatoms. The van der Waals surface area contributed by atoms with Crippen LogP contribution in [0.1, 0.15) is 83.1 Å². The summed E-state index contributed by atoms with van der Waals surface area (Å²) >= 11 is 0. The van der Waals surface area contributed by atoms with E-state index < -0.39 is 58.6 Å². The van der Waals surface area contributed by atoms with Gasteiger partial charge in [-0.15, -0.1) is 0 Å². The zero-order valence-electron chi connectivity index (χ0n) is 40.2. The maximum atomic E-state index is 13.9. The van der Waals surface area contributed by atoms with Gasteiger partial charge in [0.15, 0.2) is 0 Å². The van der Waals surface area contributed by atoms with Crippen molar-refractivity contribution >= 4 is 35.7 Å². The van der Waals surface area contributed by atoms with Crippen molar-refractivity contribution in [2.24, 2.45) is 22.7 Å². The molecule has 0 fully saturated rings. The Labute approximate surface area is 403 Å². The van der Waals surface area contributed by atoms with Crippen LogP contribution in [-0.2, 0) is 73.4 Å². The lowest BCUT2D eigenvalue weighted by Crippen LogP contribution is -2.46. The molecule has 4 aromatic carbocycles. The van der Waals surface area contributed by atoms with E-state index in [4.69, 9.17) is 18.9 Å². The fourth-order valence-corrected chi connectivity index (χ4v) is 7.37. The fraction of sp³-hybridized carbons (Fsp3) is 0.434. The van der Waals surface area contributed by atoms with Gasteiger partial charge in [0.2, 0.25) is 11.8 Å². The highest BCUT2D eigenvalue weighted by Gasteiger charge is 2.49. The van der Waals surface area contributed by atoms with Crippen LogP contribution in [0, 0.1) is 22.7 Å². The van der Waals surface area contributed by atoms with Gasteiger partial charge in [-0.05, 0) is 116 Å². The van der Waals surface area contributed by atoms with E-state index in [2.05, 4.69) is 10.6 Å². The zero-order valence-corrected chi connectivity index (χ0v) is 40.2. The van der Waals surface area contributed by atoms with Crippen LogP contribution in [0.5, 0.6) is 23.0 Å². The highest BCUT2D eigenvalue weighted by molar-refractivity contribution is 5.86. The Morgan fingerprint density at radius 3 is 1.01 bits per heavy atom. The summed E-state index contributed by atoms with van der Waals surface area (Å²) in [5.74, 6) is -3.98. The van der Waals surface area contributed by atoms with Crippen molar-refractivity contribution in [3.05, 3.63) is 119 Å². The van der Waals surface area contributed by atoms with E-state index in [0.29, 0.717) is 24.0 Å². The maximum absolute atomic E-state index is 13.9. The molecule has 4 aromatic rings. The highest BCUT2D eigenvalue weighted by atomic mass is 16.6. The summed E-state index contributed by atoms with van der Waals surface area (Å²) in [6.07, 6.45) is 0.971. The van der Waals surface area contributed by atoms with Crippen molar-refractivity contribution in [3.8, 4) is 23.0 Å². The molecule has 16 nitrogen and oxygen atoms in total. The van der Waals surface area contributed by atoms with Crippen LogP contribution < -0.4 is 10.6 Å². The fourth-order valence-electron chi connectivity index (χ4n) is 7.37. The first-order chi connectivity index (χ1) is 32.7. The van der Waals surface area contributed by atoms with E-state index in [0.717, 1.165) is 11.1 Å². The minimum Gasteiger partial charge on any atom is -0.508 e. The second-order valence-electron chi connectivity index (χ2n) is 18.2. The van der Waals surface area contributed by atoms with Gasteiger partial charge in [0, 0.05) is 25.7 Å². The zero-order chi connectivity index (χ0) is 50.7. The molecule has 0 aromatic heterocycles. The molecule has 0 spiro atoms. The topological polar surface area (TPSA) is 244 Å². The number of hydrogen-bond donors (Lipinski definition) is 6. The molecule has 0 aliphatic rings. The molecule has 0 saturated heterocycles. The first kappa shape index (κ1) is 54.5. The van der Waals surface area contributed by atoms with Crippen molar-refractivity contribution in [2.45, 2.75) is 98.6 Å². The molecule has 0 heterocycles. The van der Waals surface area contributed by atoms with Crippen LogP contribution in [-0.4, -0.2) is 94.6 Å². The summed E-state index contributed by atoms with van der Waals surface area (Å²) < 4.78 is 22.3. The number of aromatic hydroxyl groups is 4. The van der Waals surface area contributed by atoms with Gasteiger partial charge in [0.1, 0.15) is 61.5 Å². The van der Waals surface area contributed by atoms with Crippen LogP contribution in [0.25, 0.3) is 0 Å². The minimum absolute atomic E-state index is 0.0162. The van der Waals surface area contributed by atoms with Crippen molar-refractivity contribution < 1.29 is 68.1 Å². The lowest BCUT2D eigenvalue weighted by molar-refractivity contribution is -0.172. The third kappa shape index (κ3) is 17.2. The number of ether oxygens (including phenoxy) is 4. The summed E-state index contributed by atoms with van der Waals surface area (Å²) in [4.78, 5) is 80.4. The highest BCUT2D eigenvalue weighted by Crippen LogP contribution is 2.45. The van der Waals surface area contributed by atoms with Crippen molar-refractivity contribution in [3.63, 3.8) is 0 Å². The second kappa shape index (κ2) is 25.9. The molecule has 0 aliphatic carbocycles. The summed E-state index contributed by atoms with van der Waals surface area (Å²) in [5.41, 5.74) is 0.495. The average molecular weight is 955 g/mol. The number of benzene rings is 4. The quantitative estimate of drug-likeness (QED) is 0.0226. The number of nitrogens with one attached hydrogen (secondary N) is 2. The number of aryl methyl sites for hydroxylation is 2. The van der Waals surface area contributed by atoms with Gasteiger partial charge in [-0.3, -0.25) is 19.2 Å². The van der Waals surface area contributed by atoms with E-state index in [1.54, 1.807) is 62.4 Å². The number of esters is 4. The average Bonchev–Trinajstić information content (AvgIpc) is 3.31. The molecule has 0 saturated carbocycles. The van der Waals surface area contributed by atoms with Gasteiger partial charge in [-0.25, -0.2) is 9.59 Å². The van der Waals surface area contributed by atoms with E-state index in [1.807, 2.05) is 27.7 Å². The van der Waals surface area contributed by atoms with Crippen LogP contribution in [0.2, 0.25) is 0 Å². The smallest absolute Gasteiger partial charge is 0.329 e. The molecular weight excluding hydrogens is 889 g/mol. The van der Waals surface area contributed by atoms with E-state index in [9.17, 15) is 49.2 Å². The van der Waals surface area contributed by atoms with Crippen molar-refractivity contribution in [2.75, 3.05) is 26.4 Å². The van der Waals surface area contributed by atoms with Crippen LogP contribution >= 0.6 is 0 Å². The number of phenolic OH excluding ortho intramolecular Hbond substituents is 4. The Balaban J connectivity index is 1.32. The molecule has 4 atom stereocenters. The molecule has 0 bridgehead atoms. The first-order valence-corrected chi connectivity index (χ1v) is 23.1. The number of hydrogen-bond acceptors (Lipinski definition) is 14. The van der Waals surface area contributed by atoms with Crippen LogP contribution in [0.15, 0.2) is 97.1 Å². The van der Waals surface area contributed by atoms with E-state index >= 15 is 0 Å². The van der Waals surface area contributed by atoms with Gasteiger partial charge in [0.25, 0.3) is 0 Å². The Kier molecular flexibility index (Phi) is 20.4. The van der Waals surface area contributed by atoms with E-state index in [-0.39, 0.29) is 93.4 Å². The second-order valence-corrected chi connectivity index (χ2v) is 18.2. The molecule has 4 rings (SSSR count). The lowest BCUT2D eigenvalue weighted by atomic mass is 9.63. The maximum Gasteiger partial charge on any atom is 0.329 e. The third-order valence-corrected chi connectivity index (χ3v) is 12.5. The van der Waals surface area contributed by atoms with Crippen LogP contribution in [0.3, 0.4) is 0 Å². The van der Waals surface area contributed by atoms with Crippen LogP contribution in [0.4, 0.5) is 0 Å². The third-order valence-electron chi connectivity index (χ3n) is 12.5. The molecule has 2 unspecified atom stereocenters. The predicted molar refractivity (Wildman–Crippen MR) is 255 cm³/mol. The molecular formula is C53H66N2O14. The Bertz CT molecular complexity index is 2150. The molecule has 372 valence electrons. The van der Waals surface area contributed by atoms with Gasteiger partial charge < -0.3 is 50.0 Å². The number of rotatable bonds is 26. The number of phenols is 4. The summed E-state index contributed by atoms with van der Waals surface area (Å²) in [5, 5.41) is 44.0. The Hall–Kier alpha value is -7.10. The summed E-state index contributed by atoms with van der Waals surface area (Å²) in [7, 11) is 0. The monoisotopic (exact) mass is 954 g/mol. The molecule has 6 N–H and O–H groups in total. The van der Waals surface area contributed by atoms with Gasteiger partial charge >= 0.3 is 23.9 Å². The SMILES string of the molecule is CC(C)C(C)(CC(C)(C(=O)OCCOC(=O)[C@H](Cc1ccc(O)cc1)NC(=O)CCc1ccc(O)cc1)C(C)C)C(=O)OCCOC(=O)[C@H](Cc1ccc(O)cc1)NC(=O)CCc1ccc(O)cc1. The number of amides is 2. The first-order valence-electron chi connectivity index (χ1n) is 23.1. The largest absolute Gasteiger partial charge is 0.508 e. The Morgan fingerprint density at radius 1 is 0.449 bits per heavy atom. The predicted octanol–water partition coefficient (Wildman–Crippen LogP) is 6.42. The molecule has 2 amide bonds. The van der Waals surface area contributed by atoms with Crippen molar-refractivity contribution in [1.29, 1.82) is 0 Å². The normalized spacial score (nSPS) is 13.8. The Morgan fingerprint density at radius 2 is 0.725 bits per heavy atom. The lowest BCUT2D eigenvalue weighted by Gasteiger charge is -2.41. The minimum atomic E-state index is -1.22. The molecule has 69 heavy (non-hydrogen) atoms. The molecule has 0 radical (unpaired) electrons. The summed E-state index contributed by atoms with van der Waals surface area (Å²) in [6, 6.07) is 23.0. The standard InChI is InChI=1S/C53H66N2O14/c1-34(2)52(5,50(64)68-29-27-66-48(62)44(31-38-11-21-42(58)22-12-38)54-46(60)25-15-36-7-17-40(56)18-8-36)33-53(6,35(3)4)51(65)69-30-28-67-49(63)45(32-39-13-23-43(59)24-14-39)55-47(61)26-16-37-9-19-41(57)20-10-37/h7-14,17-24,34-35,44-45,56-59H,15-16,25-33H2,1-6H3,(H,54,60)(H,55,61)/t44-,45-,52?,53?/m0/s1. The summed E-state index contributed by atoms with van der Waals surface area (Å²) in [6.45, 7) is 9.41. The van der Waals surface area contributed by atoms with Gasteiger partial charge in [-0.1, -0.05) is 76.2 Å². The number of carbonyl (C=O) groups is 6. The number of carbonyl (C=O) groups excluding carboxylic acids is 6. The van der Waals surface area contributed by atoms with E-state index in [1.165, 1.54) is 48.5 Å². The van der Waals surface area contributed by atoms with Gasteiger partial charge in [0.05, 0.1) is 10.8 Å².